The molecular formula is C11H24O3S2. The summed E-state index contributed by atoms with van der Waals surface area (Å²) in [4.78, 5) is 0. The lowest BCUT2D eigenvalue weighted by Crippen LogP contribution is -2.35. The molecule has 0 aromatic rings. The minimum Gasteiger partial charge on any atom is -0.285 e. The van der Waals surface area contributed by atoms with Crippen LogP contribution < -0.4 is 0 Å². The van der Waals surface area contributed by atoms with Gasteiger partial charge in [-0.05, 0) is 17.6 Å². The van der Waals surface area contributed by atoms with E-state index in [1.807, 2.05) is 20.8 Å². The lowest BCUT2D eigenvalue weighted by Gasteiger charge is -2.28. The van der Waals surface area contributed by atoms with Crippen LogP contribution in [0.3, 0.4) is 0 Å². The maximum Gasteiger partial charge on any atom is 0.268 e. The van der Waals surface area contributed by atoms with Gasteiger partial charge in [-0.2, -0.15) is 20.2 Å². The SMILES string of the molecule is CC(C)(C)SCCC(C(C)(C)C)S(=O)(=O)O. The van der Waals surface area contributed by atoms with Crippen molar-refractivity contribution in [2.45, 2.75) is 58.0 Å². The van der Waals surface area contributed by atoms with Gasteiger partial charge < -0.3 is 0 Å². The first-order valence-electron chi connectivity index (χ1n) is 5.44. The largest absolute Gasteiger partial charge is 0.285 e. The highest BCUT2D eigenvalue weighted by Gasteiger charge is 2.34. The van der Waals surface area contributed by atoms with Gasteiger partial charge in [-0.25, -0.2) is 0 Å². The summed E-state index contributed by atoms with van der Waals surface area (Å²) in [5.41, 5.74) is -0.425. The number of hydrogen-bond acceptors (Lipinski definition) is 3. The molecule has 0 heterocycles. The van der Waals surface area contributed by atoms with Crippen LogP contribution >= 0.6 is 11.8 Å². The molecule has 0 aliphatic carbocycles. The standard InChI is InChI=1S/C11H24O3S2/c1-10(2,3)9(16(12,13)14)7-8-15-11(4,5)6/h9H,7-8H2,1-6H3,(H,12,13,14). The van der Waals surface area contributed by atoms with E-state index in [0.29, 0.717) is 6.42 Å². The Morgan fingerprint density at radius 1 is 1.12 bits per heavy atom. The molecule has 0 aromatic carbocycles. The minimum absolute atomic E-state index is 0.127. The number of hydrogen-bond donors (Lipinski definition) is 1. The first-order chi connectivity index (χ1) is 6.84. The summed E-state index contributed by atoms with van der Waals surface area (Å²) in [6, 6.07) is 0. The predicted molar refractivity (Wildman–Crippen MR) is 71.6 cm³/mol. The maximum absolute atomic E-state index is 11.3. The molecule has 5 heteroatoms. The molecule has 1 unspecified atom stereocenters. The normalized spacial score (nSPS) is 16.2. The highest BCUT2D eigenvalue weighted by molar-refractivity contribution is 8.00. The fourth-order valence-corrected chi connectivity index (χ4v) is 3.93. The van der Waals surface area contributed by atoms with E-state index in [4.69, 9.17) is 0 Å². The lowest BCUT2D eigenvalue weighted by atomic mass is 9.90. The first kappa shape index (κ1) is 16.3. The number of thioether (sulfide) groups is 1. The van der Waals surface area contributed by atoms with Crippen molar-refractivity contribution < 1.29 is 13.0 Å². The highest BCUT2D eigenvalue weighted by Crippen LogP contribution is 2.31. The van der Waals surface area contributed by atoms with Crippen LogP contribution in [0, 0.1) is 5.41 Å². The zero-order valence-corrected chi connectivity index (χ0v) is 12.7. The van der Waals surface area contributed by atoms with E-state index in [-0.39, 0.29) is 4.75 Å². The minimum atomic E-state index is -3.95. The van der Waals surface area contributed by atoms with E-state index in [1.54, 1.807) is 11.8 Å². The van der Waals surface area contributed by atoms with Gasteiger partial charge in [-0.1, -0.05) is 41.5 Å². The van der Waals surface area contributed by atoms with Crippen LogP contribution in [0.5, 0.6) is 0 Å². The Kier molecular flexibility index (Phi) is 5.36. The molecule has 0 spiro atoms. The molecule has 0 saturated carbocycles. The van der Waals surface area contributed by atoms with E-state index in [2.05, 4.69) is 20.8 Å². The van der Waals surface area contributed by atoms with Gasteiger partial charge in [0.25, 0.3) is 10.1 Å². The lowest BCUT2D eigenvalue weighted by molar-refractivity contribution is 0.345. The van der Waals surface area contributed by atoms with Crippen molar-refractivity contribution in [2.24, 2.45) is 5.41 Å². The Labute approximate surface area is 104 Å². The van der Waals surface area contributed by atoms with Gasteiger partial charge in [0.05, 0.1) is 5.25 Å². The maximum atomic E-state index is 11.3. The topological polar surface area (TPSA) is 54.4 Å². The van der Waals surface area contributed by atoms with Crippen LogP contribution in [0.25, 0.3) is 0 Å². The third-order valence-corrected chi connectivity index (χ3v) is 5.21. The van der Waals surface area contributed by atoms with Crippen LogP contribution in [0.15, 0.2) is 0 Å². The summed E-state index contributed by atoms with van der Waals surface area (Å²) in [6.07, 6.45) is 0.490. The summed E-state index contributed by atoms with van der Waals surface area (Å²) < 4.78 is 31.9. The Bertz CT molecular complexity index is 307. The van der Waals surface area contributed by atoms with Gasteiger partial charge in [0.2, 0.25) is 0 Å². The first-order valence-corrected chi connectivity index (χ1v) is 7.93. The van der Waals surface area contributed by atoms with Crippen molar-refractivity contribution in [1.29, 1.82) is 0 Å². The molecular weight excluding hydrogens is 244 g/mol. The second kappa shape index (κ2) is 5.27. The molecule has 0 aliphatic heterocycles. The average Bonchev–Trinajstić information content (AvgIpc) is 1.90. The molecule has 0 amide bonds. The average molecular weight is 268 g/mol. The van der Waals surface area contributed by atoms with Crippen molar-refractivity contribution in [1.82, 2.24) is 0 Å². The van der Waals surface area contributed by atoms with Gasteiger partial charge in [0.1, 0.15) is 0 Å². The highest BCUT2D eigenvalue weighted by atomic mass is 32.2. The Hall–Kier alpha value is 0.260. The molecule has 0 saturated heterocycles. The Balaban J connectivity index is 4.50. The molecule has 3 nitrogen and oxygen atoms in total. The van der Waals surface area contributed by atoms with Crippen molar-refractivity contribution in [3.63, 3.8) is 0 Å². The fraction of sp³-hybridized carbons (Fsp3) is 1.00. The van der Waals surface area contributed by atoms with Crippen molar-refractivity contribution >= 4 is 21.9 Å². The quantitative estimate of drug-likeness (QED) is 0.795. The summed E-state index contributed by atoms with van der Waals surface area (Å²) >= 11 is 1.72. The molecule has 98 valence electrons. The molecule has 0 fully saturated rings. The van der Waals surface area contributed by atoms with E-state index < -0.39 is 20.8 Å². The van der Waals surface area contributed by atoms with Crippen LogP contribution in [0.4, 0.5) is 0 Å². The zero-order valence-electron chi connectivity index (χ0n) is 11.1. The summed E-state index contributed by atoms with van der Waals surface area (Å²) in [5, 5.41) is -0.685. The van der Waals surface area contributed by atoms with Gasteiger partial charge in [-0.15, -0.1) is 0 Å². The summed E-state index contributed by atoms with van der Waals surface area (Å²) in [7, 11) is -3.95. The van der Waals surface area contributed by atoms with Crippen molar-refractivity contribution in [2.75, 3.05) is 5.75 Å². The van der Waals surface area contributed by atoms with Gasteiger partial charge in [-0.3, -0.25) is 4.55 Å². The van der Waals surface area contributed by atoms with Crippen molar-refractivity contribution in [3.8, 4) is 0 Å². The molecule has 1 N–H and O–H groups in total. The summed E-state index contributed by atoms with van der Waals surface area (Å²) in [5.74, 6) is 0.741. The molecule has 0 radical (unpaired) electrons. The van der Waals surface area contributed by atoms with Crippen LogP contribution in [0.1, 0.15) is 48.0 Å². The van der Waals surface area contributed by atoms with E-state index in [1.165, 1.54) is 0 Å². The molecule has 1 atom stereocenters. The smallest absolute Gasteiger partial charge is 0.268 e. The zero-order chi connectivity index (χ0) is 13.2. The van der Waals surface area contributed by atoms with Gasteiger partial charge >= 0.3 is 0 Å². The van der Waals surface area contributed by atoms with E-state index in [9.17, 15) is 13.0 Å². The summed E-state index contributed by atoms with van der Waals surface area (Å²) in [6.45, 7) is 11.8. The van der Waals surface area contributed by atoms with Crippen LogP contribution in [-0.2, 0) is 10.1 Å². The Morgan fingerprint density at radius 3 is 1.81 bits per heavy atom. The van der Waals surface area contributed by atoms with Crippen LogP contribution in [-0.4, -0.2) is 28.7 Å². The second-order valence-electron chi connectivity index (χ2n) is 6.12. The van der Waals surface area contributed by atoms with Gasteiger partial charge in [0.15, 0.2) is 0 Å². The van der Waals surface area contributed by atoms with Crippen LogP contribution in [0.2, 0.25) is 0 Å². The third kappa shape index (κ3) is 6.76. The van der Waals surface area contributed by atoms with E-state index >= 15 is 0 Å². The molecule has 0 aliphatic rings. The monoisotopic (exact) mass is 268 g/mol. The molecule has 0 bridgehead atoms. The molecule has 0 rings (SSSR count). The third-order valence-electron chi connectivity index (χ3n) is 2.24. The van der Waals surface area contributed by atoms with Crippen molar-refractivity contribution in [3.05, 3.63) is 0 Å². The predicted octanol–water partition coefficient (Wildman–Crippen LogP) is 3.21. The molecule has 0 aromatic heterocycles. The fourth-order valence-electron chi connectivity index (χ4n) is 1.50. The van der Waals surface area contributed by atoms with Gasteiger partial charge in [0, 0.05) is 4.75 Å². The molecule has 16 heavy (non-hydrogen) atoms. The second-order valence-corrected chi connectivity index (χ2v) is 9.64. The Morgan fingerprint density at radius 2 is 1.56 bits per heavy atom. The number of rotatable bonds is 4. The van der Waals surface area contributed by atoms with E-state index in [0.717, 1.165) is 5.75 Å².